The third-order valence-electron chi connectivity index (χ3n) is 4.32. The number of rotatable bonds is 5. The Kier molecular flexibility index (Phi) is 5.29. The van der Waals surface area contributed by atoms with Crippen molar-refractivity contribution >= 4 is 21.7 Å². The maximum absolute atomic E-state index is 12.8. The highest BCUT2D eigenvalue weighted by Crippen LogP contribution is 2.32. The molecule has 1 unspecified atom stereocenters. The Morgan fingerprint density at radius 3 is 2.48 bits per heavy atom. The van der Waals surface area contributed by atoms with Crippen molar-refractivity contribution in [3.8, 4) is 0 Å². The van der Waals surface area contributed by atoms with E-state index in [1.165, 1.54) is 12.4 Å². The summed E-state index contributed by atoms with van der Waals surface area (Å²) in [5, 5.41) is 11.5. The molecule has 2 aromatic carbocycles. The van der Waals surface area contributed by atoms with Crippen LogP contribution in [0.4, 0.5) is 0 Å². The number of carbonyl (C=O) groups excluding carboxylic acids is 1. The fourth-order valence-corrected chi connectivity index (χ4v) is 3.27. The molecular weight excluding hydrogens is 378 g/mol. The van der Waals surface area contributed by atoms with Gasteiger partial charge in [0.15, 0.2) is 18.2 Å². The molecule has 0 radical (unpaired) electrons. The van der Waals surface area contributed by atoms with Crippen molar-refractivity contribution in [2.45, 2.75) is 19.3 Å². The number of hydrogen-bond acceptors (Lipinski definition) is 2. The van der Waals surface area contributed by atoms with Crippen molar-refractivity contribution < 1.29 is 9.52 Å². The average Bonchev–Trinajstić information content (AvgIpc) is 2.61. The molecule has 126 valence electrons. The van der Waals surface area contributed by atoms with Crippen LogP contribution in [0.5, 0.6) is 0 Å². The normalized spacial score (nSPS) is 11.9. The lowest BCUT2D eigenvalue weighted by molar-refractivity contribution is -0.605. The van der Waals surface area contributed by atoms with Gasteiger partial charge in [0.05, 0.1) is 5.56 Å². The Bertz CT molecular complexity index is 890. The molecule has 0 N–H and O–H groups in total. The molecule has 0 amide bonds. The van der Waals surface area contributed by atoms with Crippen LogP contribution in [0.15, 0.2) is 77.5 Å². The number of aryl methyl sites for hydroxylation is 1. The SMILES string of the molecule is Cc1ccccc1C(CC(=O)c1ccc[n+]([O-])c1)c1ccc(Br)cc1. The Hall–Kier alpha value is -2.46. The first-order valence-corrected chi connectivity index (χ1v) is 8.87. The Morgan fingerprint density at radius 2 is 1.80 bits per heavy atom. The van der Waals surface area contributed by atoms with Gasteiger partial charge < -0.3 is 5.21 Å². The molecule has 0 aliphatic heterocycles. The average molecular weight is 396 g/mol. The zero-order valence-corrected chi connectivity index (χ0v) is 15.4. The quantitative estimate of drug-likeness (QED) is 0.353. The highest BCUT2D eigenvalue weighted by atomic mass is 79.9. The second-order valence-corrected chi connectivity index (χ2v) is 6.96. The van der Waals surface area contributed by atoms with Crippen LogP contribution in [-0.4, -0.2) is 5.78 Å². The van der Waals surface area contributed by atoms with Crippen LogP contribution in [0, 0.1) is 12.1 Å². The van der Waals surface area contributed by atoms with E-state index in [-0.39, 0.29) is 11.7 Å². The number of halogens is 1. The van der Waals surface area contributed by atoms with E-state index in [1.54, 1.807) is 12.1 Å². The number of Topliss-reactive ketones (excluding diaryl/α,β-unsaturated/α-hetero) is 1. The number of aromatic nitrogens is 1. The lowest BCUT2D eigenvalue weighted by Crippen LogP contribution is -2.26. The summed E-state index contributed by atoms with van der Waals surface area (Å²) >= 11 is 3.46. The summed E-state index contributed by atoms with van der Waals surface area (Å²) < 4.78 is 1.66. The number of hydrogen-bond donors (Lipinski definition) is 0. The molecule has 0 aliphatic rings. The zero-order chi connectivity index (χ0) is 17.8. The van der Waals surface area contributed by atoms with Crippen LogP contribution in [0.1, 0.15) is 39.4 Å². The fourth-order valence-electron chi connectivity index (χ4n) is 3.00. The van der Waals surface area contributed by atoms with E-state index in [2.05, 4.69) is 35.0 Å². The van der Waals surface area contributed by atoms with Gasteiger partial charge in [-0.25, -0.2) is 0 Å². The molecule has 0 fully saturated rings. The predicted molar refractivity (Wildman–Crippen MR) is 102 cm³/mol. The molecule has 25 heavy (non-hydrogen) atoms. The van der Waals surface area contributed by atoms with Crippen molar-refractivity contribution in [2.75, 3.05) is 0 Å². The first-order chi connectivity index (χ1) is 12.0. The maximum atomic E-state index is 12.8. The first kappa shape index (κ1) is 17.4. The zero-order valence-electron chi connectivity index (χ0n) is 13.9. The van der Waals surface area contributed by atoms with Crippen molar-refractivity contribution in [3.63, 3.8) is 0 Å². The van der Waals surface area contributed by atoms with Crippen molar-refractivity contribution in [1.29, 1.82) is 0 Å². The number of pyridine rings is 1. The van der Waals surface area contributed by atoms with E-state index < -0.39 is 0 Å². The molecule has 0 spiro atoms. The van der Waals surface area contributed by atoms with Gasteiger partial charge in [0.1, 0.15) is 0 Å². The van der Waals surface area contributed by atoms with Crippen LogP contribution in [0.3, 0.4) is 0 Å². The van der Waals surface area contributed by atoms with E-state index in [0.717, 1.165) is 21.2 Å². The van der Waals surface area contributed by atoms with E-state index in [0.29, 0.717) is 16.7 Å². The van der Waals surface area contributed by atoms with E-state index in [1.807, 2.05) is 36.4 Å². The number of nitrogens with zero attached hydrogens (tertiary/aromatic N) is 1. The molecular formula is C21H18BrNO2. The Morgan fingerprint density at radius 1 is 1.08 bits per heavy atom. The molecule has 1 atom stereocenters. The van der Waals surface area contributed by atoms with Crippen molar-refractivity contribution in [3.05, 3.63) is 105 Å². The lowest BCUT2D eigenvalue weighted by atomic mass is 9.84. The van der Waals surface area contributed by atoms with Gasteiger partial charge in [-0.2, -0.15) is 4.73 Å². The number of ketones is 1. The van der Waals surface area contributed by atoms with Gasteiger partial charge in [-0.3, -0.25) is 4.79 Å². The molecule has 0 saturated carbocycles. The topological polar surface area (TPSA) is 44.0 Å². The monoisotopic (exact) mass is 395 g/mol. The minimum absolute atomic E-state index is 0.0404. The van der Waals surface area contributed by atoms with Crippen molar-refractivity contribution in [2.24, 2.45) is 0 Å². The van der Waals surface area contributed by atoms with Crippen LogP contribution in [-0.2, 0) is 0 Å². The van der Waals surface area contributed by atoms with Gasteiger partial charge >= 0.3 is 0 Å². The summed E-state index contributed by atoms with van der Waals surface area (Å²) in [4.78, 5) is 12.8. The van der Waals surface area contributed by atoms with E-state index in [4.69, 9.17) is 0 Å². The minimum atomic E-state index is -0.0536. The fraction of sp³-hybridized carbons (Fsp3) is 0.143. The second-order valence-electron chi connectivity index (χ2n) is 6.04. The second kappa shape index (κ2) is 7.62. The van der Waals surface area contributed by atoms with Crippen molar-refractivity contribution in [1.82, 2.24) is 0 Å². The highest BCUT2D eigenvalue weighted by molar-refractivity contribution is 9.10. The third kappa shape index (κ3) is 4.15. The third-order valence-corrected chi connectivity index (χ3v) is 4.85. The van der Waals surface area contributed by atoms with Gasteiger partial charge in [-0.05, 0) is 41.8 Å². The molecule has 1 heterocycles. The first-order valence-electron chi connectivity index (χ1n) is 8.07. The van der Waals surface area contributed by atoms with Gasteiger partial charge in [0.25, 0.3) is 0 Å². The van der Waals surface area contributed by atoms with Gasteiger partial charge in [-0.15, -0.1) is 0 Å². The highest BCUT2D eigenvalue weighted by Gasteiger charge is 2.21. The smallest absolute Gasteiger partial charge is 0.191 e. The van der Waals surface area contributed by atoms with E-state index in [9.17, 15) is 10.0 Å². The molecule has 0 aliphatic carbocycles. The molecule has 0 saturated heterocycles. The summed E-state index contributed by atoms with van der Waals surface area (Å²) in [6, 6.07) is 19.4. The standard InChI is InChI=1S/C21H18BrNO2/c1-15-5-2-3-7-19(15)20(16-8-10-18(22)11-9-16)13-21(24)17-6-4-12-23(25)14-17/h2-12,14,20H,13H2,1H3. The lowest BCUT2D eigenvalue weighted by Gasteiger charge is -2.19. The molecule has 0 bridgehead atoms. The summed E-state index contributed by atoms with van der Waals surface area (Å²) in [7, 11) is 0. The van der Waals surface area contributed by atoms with Crippen LogP contribution in [0.2, 0.25) is 0 Å². The molecule has 1 aromatic heterocycles. The van der Waals surface area contributed by atoms with Crippen LogP contribution < -0.4 is 4.73 Å². The summed E-state index contributed by atoms with van der Waals surface area (Å²) in [5.41, 5.74) is 3.80. The van der Waals surface area contributed by atoms with Gasteiger partial charge in [-0.1, -0.05) is 52.3 Å². The summed E-state index contributed by atoms with van der Waals surface area (Å²) in [6.07, 6.45) is 3.03. The van der Waals surface area contributed by atoms with E-state index >= 15 is 0 Å². The van der Waals surface area contributed by atoms with Gasteiger partial charge in [0, 0.05) is 22.9 Å². The molecule has 3 aromatic rings. The predicted octanol–water partition coefficient (Wildman–Crippen LogP) is 4.80. The van der Waals surface area contributed by atoms with Crippen LogP contribution >= 0.6 is 15.9 Å². The molecule has 4 heteroatoms. The Balaban J connectivity index is 1.98. The van der Waals surface area contributed by atoms with Crippen LogP contribution in [0.25, 0.3) is 0 Å². The van der Waals surface area contributed by atoms with Gasteiger partial charge in [0.2, 0.25) is 0 Å². The maximum Gasteiger partial charge on any atom is 0.191 e. The summed E-state index contributed by atoms with van der Waals surface area (Å²) in [6.45, 7) is 2.06. The molecule has 3 nitrogen and oxygen atoms in total. The number of benzene rings is 2. The number of carbonyl (C=O) groups is 1. The Labute approximate surface area is 155 Å². The molecule has 3 rings (SSSR count). The largest absolute Gasteiger partial charge is 0.619 e. The summed E-state index contributed by atoms with van der Waals surface area (Å²) in [5.74, 6) is -0.0940. The minimum Gasteiger partial charge on any atom is -0.619 e.